The molecule has 8 heteroatoms. The number of likely N-dealkylation sites (tertiary alicyclic amines) is 1. The summed E-state index contributed by atoms with van der Waals surface area (Å²) >= 11 is 0. The molecule has 0 aliphatic carbocycles. The number of alkyl halides is 2. The highest BCUT2D eigenvalue weighted by atomic mass is 19.3. The Kier molecular flexibility index (Phi) is 6.54. The lowest BCUT2D eigenvalue weighted by Gasteiger charge is -2.14. The van der Waals surface area contributed by atoms with Crippen molar-refractivity contribution in [2.24, 2.45) is 0 Å². The first-order valence-corrected chi connectivity index (χ1v) is 9.16. The maximum atomic E-state index is 12.2. The van der Waals surface area contributed by atoms with E-state index in [0.717, 1.165) is 11.1 Å². The van der Waals surface area contributed by atoms with Crippen LogP contribution in [-0.2, 0) is 22.6 Å². The van der Waals surface area contributed by atoms with Gasteiger partial charge in [-0.3, -0.25) is 19.3 Å². The van der Waals surface area contributed by atoms with E-state index >= 15 is 0 Å². The topological polar surface area (TPSA) is 75.7 Å². The summed E-state index contributed by atoms with van der Waals surface area (Å²) in [5.74, 6) is -0.510. The normalized spacial score (nSPS) is 13.8. The maximum absolute atomic E-state index is 12.2. The van der Waals surface area contributed by atoms with Gasteiger partial charge in [-0.05, 0) is 41.8 Å². The maximum Gasteiger partial charge on any atom is 0.387 e. The van der Waals surface area contributed by atoms with Crippen molar-refractivity contribution < 1.29 is 27.9 Å². The van der Waals surface area contributed by atoms with Crippen LogP contribution in [0.25, 0.3) is 0 Å². The van der Waals surface area contributed by atoms with Crippen molar-refractivity contribution in [2.45, 2.75) is 32.4 Å². The highest BCUT2D eigenvalue weighted by Gasteiger charge is 2.28. The Bertz CT molecular complexity index is 867. The quantitative estimate of drug-likeness (QED) is 0.689. The summed E-state index contributed by atoms with van der Waals surface area (Å²) < 4.78 is 28.6. The van der Waals surface area contributed by atoms with Crippen LogP contribution in [0, 0.1) is 0 Å². The average molecular weight is 402 g/mol. The van der Waals surface area contributed by atoms with Gasteiger partial charge in [-0.1, -0.05) is 24.3 Å². The minimum absolute atomic E-state index is 0.0882. The second-order valence-corrected chi connectivity index (χ2v) is 6.60. The van der Waals surface area contributed by atoms with Gasteiger partial charge in [-0.15, -0.1) is 0 Å². The van der Waals surface area contributed by atoms with Gasteiger partial charge >= 0.3 is 6.61 Å². The fourth-order valence-electron chi connectivity index (χ4n) is 3.00. The van der Waals surface area contributed by atoms with E-state index in [1.165, 1.54) is 17.0 Å². The number of rotatable bonds is 8. The molecule has 0 aromatic heterocycles. The third-order valence-corrected chi connectivity index (χ3v) is 4.56. The lowest BCUT2D eigenvalue weighted by Crippen LogP contribution is -2.28. The van der Waals surface area contributed by atoms with E-state index in [0.29, 0.717) is 18.5 Å². The van der Waals surface area contributed by atoms with Gasteiger partial charge in [0.05, 0.1) is 6.54 Å². The second-order valence-electron chi connectivity index (χ2n) is 6.60. The zero-order chi connectivity index (χ0) is 20.8. The molecule has 2 aromatic rings. The van der Waals surface area contributed by atoms with Gasteiger partial charge in [0.25, 0.3) is 5.91 Å². The lowest BCUT2D eigenvalue weighted by atomic mass is 10.1. The van der Waals surface area contributed by atoms with Crippen LogP contribution in [0.5, 0.6) is 5.75 Å². The molecule has 0 radical (unpaired) electrons. The van der Waals surface area contributed by atoms with Crippen molar-refractivity contribution in [3.63, 3.8) is 0 Å². The number of amides is 3. The molecule has 0 bridgehead atoms. The molecule has 2 aromatic carbocycles. The summed E-state index contributed by atoms with van der Waals surface area (Å²) in [5, 5.41) is 2.79. The molecule has 3 amide bonds. The third-order valence-electron chi connectivity index (χ3n) is 4.56. The van der Waals surface area contributed by atoms with Gasteiger partial charge in [0.15, 0.2) is 0 Å². The molecule has 29 heavy (non-hydrogen) atoms. The number of benzene rings is 2. The van der Waals surface area contributed by atoms with Gasteiger partial charge in [0, 0.05) is 24.9 Å². The van der Waals surface area contributed by atoms with Crippen LogP contribution in [0.3, 0.4) is 0 Å². The molecule has 152 valence electrons. The third kappa shape index (κ3) is 5.60. The average Bonchev–Trinajstić information content (AvgIpc) is 3.01. The second kappa shape index (κ2) is 9.27. The van der Waals surface area contributed by atoms with Gasteiger partial charge in [0.2, 0.25) is 11.8 Å². The van der Waals surface area contributed by atoms with Crippen LogP contribution in [0.1, 0.15) is 34.3 Å². The molecule has 1 aliphatic rings. The largest absolute Gasteiger partial charge is 0.435 e. The van der Waals surface area contributed by atoms with Crippen LogP contribution < -0.4 is 10.1 Å². The molecule has 0 unspecified atom stereocenters. The molecular formula is C21H20F2N2O4. The number of hydrogen-bond donors (Lipinski definition) is 1. The molecule has 0 spiro atoms. The van der Waals surface area contributed by atoms with Crippen LogP contribution >= 0.6 is 0 Å². The van der Waals surface area contributed by atoms with Crippen molar-refractivity contribution in [1.29, 1.82) is 0 Å². The van der Waals surface area contributed by atoms with Crippen molar-refractivity contribution >= 4 is 17.7 Å². The van der Waals surface area contributed by atoms with Crippen LogP contribution in [0.2, 0.25) is 0 Å². The first-order chi connectivity index (χ1) is 13.9. The fourth-order valence-corrected chi connectivity index (χ4v) is 3.00. The first kappa shape index (κ1) is 20.4. The van der Waals surface area contributed by atoms with Gasteiger partial charge in [-0.2, -0.15) is 8.78 Å². The van der Waals surface area contributed by atoms with Gasteiger partial charge in [-0.25, -0.2) is 0 Å². The number of halogens is 2. The molecule has 6 nitrogen and oxygen atoms in total. The zero-order valence-corrected chi connectivity index (χ0v) is 15.6. The Labute approximate surface area is 166 Å². The predicted octanol–water partition coefficient (Wildman–Crippen LogP) is 2.91. The summed E-state index contributed by atoms with van der Waals surface area (Å²) in [7, 11) is 0. The standard InChI is InChI=1S/C21H20F2N2O4/c22-21(23)29-17-7-3-14(4-8-17)11-12-24-20(28)16-5-1-15(2-6-16)13-25-18(26)9-10-19(25)27/h1-8,21H,9-13H2,(H,24,28). The Balaban J connectivity index is 1.47. The molecule has 1 N–H and O–H groups in total. The van der Waals surface area contributed by atoms with Crippen molar-refractivity contribution in [2.75, 3.05) is 6.54 Å². The van der Waals surface area contributed by atoms with E-state index in [2.05, 4.69) is 10.1 Å². The van der Waals surface area contributed by atoms with E-state index in [1.54, 1.807) is 36.4 Å². The minimum Gasteiger partial charge on any atom is -0.435 e. The van der Waals surface area contributed by atoms with E-state index in [-0.39, 0.29) is 42.9 Å². The van der Waals surface area contributed by atoms with E-state index < -0.39 is 6.61 Å². The summed E-state index contributed by atoms with van der Waals surface area (Å²) in [4.78, 5) is 36.8. The number of imide groups is 1. The number of carbonyl (C=O) groups excluding carboxylic acids is 3. The summed E-state index contributed by atoms with van der Waals surface area (Å²) in [6.45, 7) is -2.26. The zero-order valence-electron chi connectivity index (χ0n) is 15.6. The van der Waals surface area contributed by atoms with Crippen LogP contribution in [0.4, 0.5) is 8.78 Å². The Morgan fingerprint density at radius 3 is 2.14 bits per heavy atom. The van der Waals surface area contributed by atoms with Gasteiger partial charge < -0.3 is 10.1 Å². The highest BCUT2D eigenvalue weighted by molar-refractivity contribution is 6.01. The van der Waals surface area contributed by atoms with E-state index in [9.17, 15) is 23.2 Å². The molecule has 1 aliphatic heterocycles. The minimum atomic E-state index is -2.86. The molecule has 0 saturated carbocycles. The SMILES string of the molecule is O=C(NCCc1ccc(OC(F)F)cc1)c1ccc(CN2C(=O)CCC2=O)cc1. The summed E-state index contributed by atoms with van der Waals surface area (Å²) in [5.41, 5.74) is 2.12. The molecule has 1 heterocycles. The number of carbonyl (C=O) groups is 3. The van der Waals surface area contributed by atoms with Gasteiger partial charge in [0.1, 0.15) is 5.75 Å². The highest BCUT2D eigenvalue weighted by Crippen LogP contribution is 2.17. The Hall–Kier alpha value is -3.29. The van der Waals surface area contributed by atoms with E-state index in [1.807, 2.05) is 0 Å². The number of nitrogens with zero attached hydrogens (tertiary/aromatic N) is 1. The van der Waals surface area contributed by atoms with Crippen molar-refractivity contribution in [3.8, 4) is 5.75 Å². The smallest absolute Gasteiger partial charge is 0.387 e. The Morgan fingerprint density at radius 2 is 1.55 bits per heavy atom. The molecule has 1 fully saturated rings. The number of ether oxygens (including phenoxy) is 1. The number of hydrogen-bond acceptors (Lipinski definition) is 4. The fraction of sp³-hybridized carbons (Fsp3) is 0.286. The molecular weight excluding hydrogens is 382 g/mol. The van der Waals surface area contributed by atoms with E-state index in [4.69, 9.17) is 0 Å². The number of nitrogens with one attached hydrogen (secondary N) is 1. The van der Waals surface area contributed by atoms with Crippen molar-refractivity contribution in [3.05, 3.63) is 65.2 Å². The Morgan fingerprint density at radius 1 is 0.966 bits per heavy atom. The first-order valence-electron chi connectivity index (χ1n) is 9.16. The molecule has 1 saturated heterocycles. The molecule has 0 atom stereocenters. The lowest BCUT2D eigenvalue weighted by molar-refractivity contribution is -0.139. The summed E-state index contributed by atoms with van der Waals surface area (Å²) in [6, 6.07) is 13.0. The predicted molar refractivity (Wildman–Crippen MR) is 100 cm³/mol. The summed E-state index contributed by atoms with van der Waals surface area (Å²) in [6.07, 6.45) is 1.04. The van der Waals surface area contributed by atoms with Crippen molar-refractivity contribution in [1.82, 2.24) is 10.2 Å². The molecule has 3 rings (SSSR count). The van der Waals surface area contributed by atoms with Crippen LogP contribution in [-0.4, -0.2) is 35.8 Å². The van der Waals surface area contributed by atoms with Crippen LogP contribution in [0.15, 0.2) is 48.5 Å². The monoisotopic (exact) mass is 402 g/mol.